The van der Waals surface area contributed by atoms with E-state index in [9.17, 15) is 4.79 Å². The molecule has 1 aliphatic rings. The number of hydrogen-bond acceptors (Lipinski definition) is 4. The quantitative estimate of drug-likeness (QED) is 0.895. The standard InChI is InChI=1S/C13H21BrN4O/c1-13(2)7-10(13)16-9-8-15-18(6-5-17(3)4)12(19)11(9)14/h8,10,16H,5-7H2,1-4H3. The molecule has 5 nitrogen and oxygen atoms in total. The second-order valence-corrected chi connectivity index (χ2v) is 6.89. The van der Waals surface area contributed by atoms with Gasteiger partial charge in [-0.05, 0) is 41.9 Å². The Kier molecular flexibility index (Phi) is 4.01. The van der Waals surface area contributed by atoms with Gasteiger partial charge < -0.3 is 10.2 Å². The van der Waals surface area contributed by atoms with E-state index in [-0.39, 0.29) is 5.56 Å². The van der Waals surface area contributed by atoms with Crippen LogP contribution in [0, 0.1) is 5.41 Å². The lowest BCUT2D eigenvalue weighted by Crippen LogP contribution is -2.29. The Morgan fingerprint density at radius 2 is 2.21 bits per heavy atom. The normalized spacial score (nSPS) is 20.6. The molecule has 6 heteroatoms. The van der Waals surface area contributed by atoms with E-state index < -0.39 is 0 Å². The molecule has 0 aromatic carbocycles. The van der Waals surface area contributed by atoms with E-state index in [1.807, 2.05) is 19.0 Å². The second kappa shape index (κ2) is 5.25. The van der Waals surface area contributed by atoms with Gasteiger partial charge in [0, 0.05) is 12.6 Å². The fourth-order valence-corrected chi connectivity index (χ4v) is 2.34. The topological polar surface area (TPSA) is 50.2 Å². The number of aromatic nitrogens is 2. The van der Waals surface area contributed by atoms with Crippen molar-refractivity contribution in [3.8, 4) is 0 Å². The third kappa shape index (κ3) is 3.36. The van der Waals surface area contributed by atoms with Crippen molar-refractivity contribution in [3.05, 3.63) is 21.0 Å². The molecule has 1 aromatic heterocycles. The van der Waals surface area contributed by atoms with Crippen LogP contribution in [-0.2, 0) is 6.54 Å². The highest BCUT2D eigenvalue weighted by molar-refractivity contribution is 9.10. The maximum atomic E-state index is 12.2. The summed E-state index contributed by atoms with van der Waals surface area (Å²) in [6, 6.07) is 0.433. The van der Waals surface area contributed by atoms with Crippen molar-refractivity contribution in [1.82, 2.24) is 14.7 Å². The molecule has 1 saturated carbocycles. The minimum atomic E-state index is -0.0784. The summed E-state index contributed by atoms with van der Waals surface area (Å²) in [5.41, 5.74) is 1.03. The van der Waals surface area contributed by atoms with Crippen LogP contribution in [0.15, 0.2) is 15.5 Å². The molecule has 0 saturated heterocycles. The van der Waals surface area contributed by atoms with Gasteiger partial charge in [-0.1, -0.05) is 13.8 Å². The Morgan fingerprint density at radius 1 is 1.58 bits per heavy atom. The van der Waals surface area contributed by atoms with Crippen molar-refractivity contribution < 1.29 is 0 Å². The average molecular weight is 329 g/mol. The predicted molar refractivity (Wildman–Crippen MR) is 80.6 cm³/mol. The number of nitrogens with zero attached hydrogens (tertiary/aromatic N) is 3. The Balaban J connectivity index is 2.11. The van der Waals surface area contributed by atoms with Crippen molar-refractivity contribution >= 4 is 21.6 Å². The molecule has 1 fully saturated rings. The highest BCUT2D eigenvalue weighted by atomic mass is 79.9. The number of halogens is 1. The van der Waals surface area contributed by atoms with Gasteiger partial charge in [0.05, 0.1) is 18.4 Å². The number of likely N-dealkylation sites (N-methyl/N-ethyl adjacent to an activating group) is 1. The SMILES string of the molecule is CN(C)CCn1ncc(NC2CC2(C)C)c(Br)c1=O. The summed E-state index contributed by atoms with van der Waals surface area (Å²) in [6.07, 6.45) is 2.86. The highest BCUT2D eigenvalue weighted by Crippen LogP contribution is 2.46. The molecule has 1 N–H and O–H groups in total. The van der Waals surface area contributed by atoms with Gasteiger partial charge in [-0.25, -0.2) is 4.68 Å². The van der Waals surface area contributed by atoms with Crippen LogP contribution in [0.2, 0.25) is 0 Å². The number of rotatable bonds is 5. The Bertz CT molecular complexity index is 524. The summed E-state index contributed by atoms with van der Waals surface area (Å²) in [6.45, 7) is 5.82. The second-order valence-electron chi connectivity index (χ2n) is 6.09. The van der Waals surface area contributed by atoms with Crippen molar-refractivity contribution in [1.29, 1.82) is 0 Å². The first kappa shape index (κ1) is 14.5. The summed E-state index contributed by atoms with van der Waals surface area (Å²) < 4.78 is 2.07. The first-order chi connectivity index (χ1) is 8.81. The molecule has 1 aromatic rings. The van der Waals surface area contributed by atoms with Crippen LogP contribution >= 0.6 is 15.9 Å². The Morgan fingerprint density at radius 3 is 2.74 bits per heavy atom. The van der Waals surface area contributed by atoms with Gasteiger partial charge in [0.25, 0.3) is 5.56 Å². The minimum Gasteiger partial charge on any atom is -0.379 e. The molecule has 1 heterocycles. The van der Waals surface area contributed by atoms with Gasteiger partial charge in [-0.2, -0.15) is 5.10 Å². The van der Waals surface area contributed by atoms with Crippen LogP contribution in [0.5, 0.6) is 0 Å². The molecule has 0 bridgehead atoms. The van der Waals surface area contributed by atoms with Crippen LogP contribution in [0.25, 0.3) is 0 Å². The van der Waals surface area contributed by atoms with Crippen LogP contribution < -0.4 is 10.9 Å². The molecular weight excluding hydrogens is 308 g/mol. The Hall–Kier alpha value is -0.880. The largest absolute Gasteiger partial charge is 0.379 e. The van der Waals surface area contributed by atoms with Gasteiger partial charge in [-0.15, -0.1) is 0 Å². The molecule has 0 radical (unpaired) electrons. The van der Waals surface area contributed by atoms with Crippen LogP contribution in [0.4, 0.5) is 5.69 Å². The van der Waals surface area contributed by atoms with Gasteiger partial charge in [0.1, 0.15) is 4.47 Å². The van der Waals surface area contributed by atoms with Crippen LogP contribution in [0.1, 0.15) is 20.3 Å². The van der Waals surface area contributed by atoms with Gasteiger partial charge in [0.2, 0.25) is 0 Å². The molecule has 19 heavy (non-hydrogen) atoms. The monoisotopic (exact) mass is 328 g/mol. The Labute approximate surface area is 122 Å². The maximum absolute atomic E-state index is 12.2. The lowest BCUT2D eigenvalue weighted by Gasteiger charge is -2.13. The fraction of sp³-hybridized carbons (Fsp3) is 0.692. The summed E-state index contributed by atoms with van der Waals surface area (Å²) >= 11 is 3.38. The van der Waals surface area contributed by atoms with Crippen LogP contribution in [0.3, 0.4) is 0 Å². The smallest absolute Gasteiger partial charge is 0.283 e. The average Bonchev–Trinajstić information content (AvgIpc) is 2.91. The molecule has 0 aliphatic heterocycles. The van der Waals surface area contributed by atoms with E-state index in [0.29, 0.717) is 22.5 Å². The molecule has 0 amide bonds. The van der Waals surface area contributed by atoms with E-state index in [1.54, 1.807) is 6.20 Å². The molecular formula is C13H21BrN4O. The molecule has 1 atom stereocenters. The predicted octanol–water partition coefficient (Wildman–Crippen LogP) is 1.78. The van der Waals surface area contributed by atoms with Gasteiger partial charge in [-0.3, -0.25) is 4.79 Å². The van der Waals surface area contributed by atoms with E-state index in [1.165, 1.54) is 4.68 Å². The summed E-state index contributed by atoms with van der Waals surface area (Å²) in [5, 5.41) is 7.60. The molecule has 1 aliphatic carbocycles. The van der Waals surface area contributed by atoms with E-state index in [2.05, 4.69) is 40.2 Å². The van der Waals surface area contributed by atoms with E-state index in [0.717, 1.165) is 18.7 Å². The fourth-order valence-electron chi connectivity index (χ4n) is 1.92. The highest BCUT2D eigenvalue weighted by Gasteiger charge is 2.45. The third-order valence-corrected chi connectivity index (χ3v) is 4.35. The van der Waals surface area contributed by atoms with E-state index >= 15 is 0 Å². The number of hydrogen-bond donors (Lipinski definition) is 1. The summed E-state index contributed by atoms with van der Waals surface area (Å²) in [7, 11) is 3.95. The lowest BCUT2D eigenvalue weighted by atomic mass is 10.2. The first-order valence-corrected chi connectivity index (χ1v) is 7.27. The van der Waals surface area contributed by atoms with Gasteiger partial charge >= 0.3 is 0 Å². The molecule has 2 rings (SSSR count). The van der Waals surface area contributed by atoms with Crippen LogP contribution in [-0.4, -0.2) is 41.4 Å². The first-order valence-electron chi connectivity index (χ1n) is 6.48. The lowest BCUT2D eigenvalue weighted by molar-refractivity contribution is 0.367. The zero-order valence-electron chi connectivity index (χ0n) is 11.9. The molecule has 0 spiro atoms. The summed E-state index contributed by atoms with van der Waals surface area (Å²) in [5.74, 6) is 0. The number of anilines is 1. The zero-order valence-corrected chi connectivity index (χ0v) is 13.5. The van der Waals surface area contributed by atoms with Crippen molar-refractivity contribution in [2.75, 3.05) is 26.0 Å². The number of nitrogens with one attached hydrogen (secondary N) is 1. The zero-order chi connectivity index (χ0) is 14.2. The van der Waals surface area contributed by atoms with Crippen molar-refractivity contribution in [2.24, 2.45) is 5.41 Å². The molecule has 1 unspecified atom stereocenters. The van der Waals surface area contributed by atoms with E-state index in [4.69, 9.17) is 0 Å². The van der Waals surface area contributed by atoms with Crippen molar-refractivity contribution in [2.45, 2.75) is 32.9 Å². The molecule has 106 valence electrons. The van der Waals surface area contributed by atoms with Crippen molar-refractivity contribution in [3.63, 3.8) is 0 Å². The third-order valence-electron chi connectivity index (χ3n) is 3.59. The maximum Gasteiger partial charge on any atom is 0.283 e. The summed E-state index contributed by atoms with van der Waals surface area (Å²) in [4.78, 5) is 14.2. The van der Waals surface area contributed by atoms with Gasteiger partial charge in [0.15, 0.2) is 0 Å². The minimum absolute atomic E-state index is 0.0784.